The van der Waals surface area contributed by atoms with Crippen LogP contribution in [0.1, 0.15) is 6.92 Å². The lowest BCUT2D eigenvalue weighted by Crippen LogP contribution is -2.31. The molecule has 8 heteroatoms. The lowest BCUT2D eigenvalue weighted by atomic mass is 10.4. The van der Waals surface area contributed by atoms with Crippen molar-refractivity contribution in [3.05, 3.63) is 41.3 Å². The van der Waals surface area contributed by atoms with Crippen molar-refractivity contribution in [3.63, 3.8) is 0 Å². The van der Waals surface area contributed by atoms with Crippen molar-refractivity contribution in [1.82, 2.24) is 24.9 Å². The fourth-order valence-corrected chi connectivity index (χ4v) is 1.22. The standard InChI is InChI=1S/C10H10N6O2/c1-7(17)14-15-9-12-6-16(10(18)13-9)8-2-4-11-5-3-8/h2-6H,1H3,(H,14,17)(H,13,15,18). The summed E-state index contributed by atoms with van der Waals surface area (Å²) in [6.45, 7) is 1.32. The number of hydrogen-bond acceptors (Lipinski definition) is 6. The van der Waals surface area contributed by atoms with E-state index >= 15 is 0 Å². The SMILES string of the molecule is CC(=O)NNc1ncn(-c2ccncc2)c(=O)n1. The maximum atomic E-state index is 11.7. The normalized spacial score (nSPS) is 9.83. The van der Waals surface area contributed by atoms with Gasteiger partial charge in [0.05, 0.1) is 5.69 Å². The molecule has 18 heavy (non-hydrogen) atoms. The van der Waals surface area contributed by atoms with Crippen LogP contribution in [0.4, 0.5) is 5.95 Å². The van der Waals surface area contributed by atoms with Gasteiger partial charge < -0.3 is 0 Å². The van der Waals surface area contributed by atoms with E-state index in [1.165, 1.54) is 17.8 Å². The van der Waals surface area contributed by atoms with E-state index in [0.29, 0.717) is 5.69 Å². The second kappa shape index (κ2) is 5.04. The number of nitrogens with zero attached hydrogens (tertiary/aromatic N) is 4. The van der Waals surface area contributed by atoms with Crippen LogP contribution in [0.3, 0.4) is 0 Å². The topological polar surface area (TPSA) is 102 Å². The van der Waals surface area contributed by atoms with E-state index in [2.05, 4.69) is 25.8 Å². The zero-order valence-electron chi connectivity index (χ0n) is 9.49. The molecular weight excluding hydrogens is 236 g/mol. The molecule has 92 valence electrons. The van der Waals surface area contributed by atoms with Gasteiger partial charge in [0.1, 0.15) is 6.33 Å². The minimum Gasteiger partial charge on any atom is -0.274 e. The van der Waals surface area contributed by atoms with Crippen molar-refractivity contribution in [3.8, 4) is 5.69 Å². The van der Waals surface area contributed by atoms with Gasteiger partial charge in [0.15, 0.2) is 0 Å². The molecule has 2 rings (SSSR count). The summed E-state index contributed by atoms with van der Waals surface area (Å²) in [7, 11) is 0. The summed E-state index contributed by atoms with van der Waals surface area (Å²) in [6.07, 6.45) is 4.44. The van der Waals surface area contributed by atoms with E-state index in [0.717, 1.165) is 0 Å². The Kier molecular flexibility index (Phi) is 3.28. The predicted octanol–water partition coefficient (Wildman–Crippen LogP) is -0.515. The smallest absolute Gasteiger partial charge is 0.274 e. The first-order chi connectivity index (χ1) is 8.66. The highest BCUT2D eigenvalue weighted by Gasteiger charge is 2.03. The van der Waals surface area contributed by atoms with Crippen LogP contribution in [0.2, 0.25) is 0 Å². The van der Waals surface area contributed by atoms with Crippen molar-refractivity contribution >= 4 is 11.9 Å². The molecule has 0 saturated heterocycles. The molecule has 2 heterocycles. The summed E-state index contributed by atoms with van der Waals surface area (Å²) in [5.41, 5.74) is 4.79. The van der Waals surface area contributed by atoms with E-state index in [-0.39, 0.29) is 11.9 Å². The Hall–Kier alpha value is -2.77. The molecule has 2 N–H and O–H groups in total. The van der Waals surface area contributed by atoms with Gasteiger partial charge in [-0.15, -0.1) is 0 Å². The molecule has 0 aliphatic carbocycles. The first-order valence-corrected chi connectivity index (χ1v) is 5.05. The Morgan fingerprint density at radius 1 is 1.33 bits per heavy atom. The molecule has 8 nitrogen and oxygen atoms in total. The highest BCUT2D eigenvalue weighted by molar-refractivity contribution is 5.73. The molecule has 2 aromatic heterocycles. The Morgan fingerprint density at radius 2 is 2.06 bits per heavy atom. The fraction of sp³-hybridized carbons (Fsp3) is 0.100. The highest BCUT2D eigenvalue weighted by Crippen LogP contribution is 2.00. The van der Waals surface area contributed by atoms with Crippen LogP contribution >= 0.6 is 0 Å². The molecule has 0 aliphatic heterocycles. The molecule has 0 fully saturated rings. The number of rotatable bonds is 3. The van der Waals surface area contributed by atoms with E-state index in [1.807, 2.05) is 0 Å². The Morgan fingerprint density at radius 3 is 2.67 bits per heavy atom. The van der Waals surface area contributed by atoms with Crippen molar-refractivity contribution in [2.75, 3.05) is 5.43 Å². The van der Waals surface area contributed by atoms with Gasteiger partial charge in [-0.2, -0.15) is 4.98 Å². The minimum atomic E-state index is -0.510. The van der Waals surface area contributed by atoms with Crippen LogP contribution in [0.5, 0.6) is 0 Å². The van der Waals surface area contributed by atoms with Crippen molar-refractivity contribution < 1.29 is 4.79 Å². The summed E-state index contributed by atoms with van der Waals surface area (Å²) in [6, 6.07) is 3.32. The van der Waals surface area contributed by atoms with Gasteiger partial charge >= 0.3 is 5.69 Å². The maximum absolute atomic E-state index is 11.7. The first kappa shape index (κ1) is 11.7. The molecule has 0 unspecified atom stereocenters. The summed E-state index contributed by atoms with van der Waals surface area (Å²) in [4.78, 5) is 33.8. The molecule has 0 aromatic carbocycles. The van der Waals surface area contributed by atoms with E-state index in [9.17, 15) is 9.59 Å². The third-order valence-corrected chi connectivity index (χ3v) is 1.99. The summed E-state index contributed by atoms with van der Waals surface area (Å²) < 4.78 is 1.26. The Labute approximate surface area is 102 Å². The van der Waals surface area contributed by atoms with Crippen molar-refractivity contribution in [2.24, 2.45) is 0 Å². The number of aromatic nitrogens is 4. The van der Waals surface area contributed by atoms with E-state index in [4.69, 9.17) is 0 Å². The third kappa shape index (κ3) is 2.67. The Balaban J connectivity index is 2.26. The van der Waals surface area contributed by atoms with E-state index in [1.54, 1.807) is 24.5 Å². The number of nitrogens with one attached hydrogen (secondary N) is 2. The van der Waals surface area contributed by atoms with Gasteiger partial charge in [0.2, 0.25) is 11.9 Å². The maximum Gasteiger partial charge on any atom is 0.356 e. The van der Waals surface area contributed by atoms with Crippen LogP contribution < -0.4 is 16.5 Å². The van der Waals surface area contributed by atoms with Gasteiger partial charge in [0.25, 0.3) is 0 Å². The van der Waals surface area contributed by atoms with Crippen LogP contribution in [0.15, 0.2) is 35.6 Å². The molecule has 0 bridgehead atoms. The minimum absolute atomic E-state index is 0.0282. The fourth-order valence-electron chi connectivity index (χ4n) is 1.22. The van der Waals surface area contributed by atoms with Crippen LogP contribution in [0.25, 0.3) is 5.69 Å². The second-order valence-corrected chi connectivity index (χ2v) is 3.34. The average molecular weight is 246 g/mol. The van der Waals surface area contributed by atoms with Gasteiger partial charge in [-0.25, -0.2) is 9.78 Å². The summed E-state index contributed by atoms with van der Waals surface area (Å²) >= 11 is 0. The first-order valence-electron chi connectivity index (χ1n) is 5.05. The molecule has 0 saturated carbocycles. The number of anilines is 1. The molecule has 1 amide bonds. The van der Waals surface area contributed by atoms with Crippen molar-refractivity contribution in [2.45, 2.75) is 6.92 Å². The lowest BCUT2D eigenvalue weighted by Gasteiger charge is -2.06. The number of hydrazine groups is 1. The lowest BCUT2D eigenvalue weighted by molar-refractivity contribution is -0.118. The number of amides is 1. The molecular formula is C10H10N6O2. The number of carbonyl (C=O) groups is 1. The summed E-state index contributed by atoms with van der Waals surface area (Å²) in [5, 5.41) is 0. The number of carbonyl (C=O) groups excluding carboxylic acids is 1. The predicted molar refractivity (Wildman–Crippen MR) is 62.9 cm³/mol. The molecule has 2 aromatic rings. The van der Waals surface area contributed by atoms with Crippen LogP contribution in [-0.2, 0) is 4.79 Å². The van der Waals surface area contributed by atoms with Gasteiger partial charge in [-0.05, 0) is 12.1 Å². The quantitative estimate of drug-likeness (QED) is 0.707. The Bertz CT molecular complexity index is 609. The van der Waals surface area contributed by atoms with Crippen LogP contribution in [-0.4, -0.2) is 25.4 Å². The third-order valence-electron chi connectivity index (χ3n) is 1.99. The summed E-state index contributed by atoms with van der Waals surface area (Å²) in [5.74, 6) is -0.280. The van der Waals surface area contributed by atoms with Gasteiger partial charge in [-0.1, -0.05) is 0 Å². The van der Waals surface area contributed by atoms with Crippen LogP contribution in [0, 0.1) is 0 Å². The van der Waals surface area contributed by atoms with Gasteiger partial charge in [0, 0.05) is 19.3 Å². The number of pyridine rings is 1. The highest BCUT2D eigenvalue weighted by atomic mass is 16.2. The molecule has 0 atom stereocenters. The largest absolute Gasteiger partial charge is 0.356 e. The number of hydrogen-bond donors (Lipinski definition) is 2. The zero-order valence-corrected chi connectivity index (χ0v) is 9.49. The molecule has 0 radical (unpaired) electrons. The average Bonchev–Trinajstić information content (AvgIpc) is 2.37. The monoisotopic (exact) mass is 246 g/mol. The van der Waals surface area contributed by atoms with E-state index < -0.39 is 5.69 Å². The molecule has 0 aliphatic rings. The zero-order chi connectivity index (χ0) is 13.0. The second-order valence-electron chi connectivity index (χ2n) is 3.34. The molecule has 0 spiro atoms. The van der Waals surface area contributed by atoms with Crippen molar-refractivity contribution in [1.29, 1.82) is 0 Å². The van der Waals surface area contributed by atoms with Gasteiger partial charge in [-0.3, -0.25) is 25.2 Å².